The maximum absolute atomic E-state index is 9.15. The molecule has 1 aliphatic heterocycles. The zero-order chi connectivity index (χ0) is 13.2. The van der Waals surface area contributed by atoms with Crippen molar-refractivity contribution in [1.29, 1.82) is 0 Å². The van der Waals surface area contributed by atoms with Gasteiger partial charge < -0.3 is 14.8 Å². The summed E-state index contributed by atoms with van der Waals surface area (Å²) in [5.74, 6) is 0.635. The van der Waals surface area contributed by atoms with E-state index < -0.39 is 0 Å². The number of fused-ring (bicyclic) bond motifs is 3. The van der Waals surface area contributed by atoms with Gasteiger partial charge in [-0.05, 0) is 30.0 Å². The lowest BCUT2D eigenvalue weighted by atomic mass is 9.97. The lowest BCUT2D eigenvalue weighted by Gasteiger charge is -2.23. The number of alkyl halides is 1. The molecule has 0 aliphatic carbocycles. The minimum Gasteiger partial charge on any atom is -0.396 e. The largest absolute Gasteiger partial charge is 0.396 e. The van der Waals surface area contributed by atoms with Crippen molar-refractivity contribution in [3.8, 4) is 0 Å². The number of nitrogens with one attached hydrogen (secondary N) is 1. The Morgan fingerprint density at radius 3 is 3.11 bits per heavy atom. The maximum Gasteiger partial charge on any atom is 0.0997 e. The Hall–Kier alpha value is -1.03. The van der Waals surface area contributed by atoms with Crippen molar-refractivity contribution in [3.63, 3.8) is 0 Å². The van der Waals surface area contributed by atoms with E-state index >= 15 is 0 Å². The van der Waals surface area contributed by atoms with Gasteiger partial charge >= 0.3 is 0 Å². The Morgan fingerprint density at radius 1 is 1.42 bits per heavy atom. The summed E-state index contributed by atoms with van der Waals surface area (Å²) in [6.45, 7) is 0.869. The van der Waals surface area contributed by atoms with Crippen molar-refractivity contribution in [1.82, 2.24) is 4.98 Å². The zero-order valence-corrected chi connectivity index (χ0v) is 11.5. The molecule has 1 aromatic carbocycles. The summed E-state index contributed by atoms with van der Waals surface area (Å²) in [7, 11) is 0. The van der Waals surface area contributed by atoms with Crippen LogP contribution < -0.4 is 0 Å². The maximum atomic E-state index is 9.15. The molecule has 1 aromatic heterocycles. The van der Waals surface area contributed by atoms with Crippen LogP contribution in [0.3, 0.4) is 0 Å². The first kappa shape index (κ1) is 13.0. The van der Waals surface area contributed by atoms with Gasteiger partial charge in [-0.1, -0.05) is 12.1 Å². The van der Waals surface area contributed by atoms with Gasteiger partial charge in [-0.2, -0.15) is 0 Å². The van der Waals surface area contributed by atoms with Crippen molar-refractivity contribution in [3.05, 3.63) is 35.0 Å². The minimum atomic E-state index is -0.00926. The normalized spacial score (nSPS) is 18.7. The van der Waals surface area contributed by atoms with Gasteiger partial charge in [0.25, 0.3) is 0 Å². The molecule has 102 valence electrons. The lowest BCUT2D eigenvalue weighted by Crippen LogP contribution is -2.17. The van der Waals surface area contributed by atoms with E-state index in [1.54, 1.807) is 0 Å². The third-order valence-electron chi connectivity index (χ3n) is 3.80. The van der Waals surface area contributed by atoms with Gasteiger partial charge in [-0.15, -0.1) is 11.6 Å². The molecule has 2 heterocycles. The van der Waals surface area contributed by atoms with Crippen molar-refractivity contribution >= 4 is 22.5 Å². The number of aliphatic hydroxyl groups excluding tert-OH is 1. The summed E-state index contributed by atoms with van der Waals surface area (Å²) >= 11 is 5.90. The molecular weight excluding hydrogens is 262 g/mol. The average Bonchev–Trinajstić information content (AvgIpc) is 2.80. The molecule has 1 unspecified atom stereocenters. The smallest absolute Gasteiger partial charge is 0.0997 e. The highest BCUT2D eigenvalue weighted by molar-refractivity contribution is 6.18. The topological polar surface area (TPSA) is 45.2 Å². The number of H-pyrrole nitrogens is 1. The van der Waals surface area contributed by atoms with E-state index in [0.29, 0.717) is 12.3 Å². The molecule has 1 aliphatic rings. The van der Waals surface area contributed by atoms with Crippen LogP contribution in [0.5, 0.6) is 0 Å². The number of hydrogen-bond donors (Lipinski definition) is 2. The molecule has 2 aromatic rings. The summed E-state index contributed by atoms with van der Waals surface area (Å²) in [5, 5.41) is 10.5. The number of halogens is 1. The van der Waals surface area contributed by atoms with E-state index in [1.807, 2.05) is 0 Å². The van der Waals surface area contributed by atoms with Crippen LogP contribution in [0.2, 0.25) is 0 Å². The van der Waals surface area contributed by atoms with Crippen LogP contribution in [-0.2, 0) is 17.6 Å². The van der Waals surface area contributed by atoms with Crippen molar-refractivity contribution in [2.24, 2.45) is 0 Å². The summed E-state index contributed by atoms with van der Waals surface area (Å²) in [4.78, 5) is 3.47. The molecule has 3 nitrogen and oxygen atoms in total. The van der Waals surface area contributed by atoms with Crippen molar-refractivity contribution in [2.45, 2.75) is 25.4 Å². The van der Waals surface area contributed by atoms with Gasteiger partial charge in [-0.25, -0.2) is 0 Å². The molecule has 19 heavy (non-hydrogen) atoms. The van der Waals surface area contributed by atoms with Crippen molar-refractivity contribution in [2.75, 3.05) is 19.1 Å². The van der Waals surface area contributed by atoms with Crippen LogP contribution in [0.1, 0.15) is 29.3 Å². The second-order valence-corrected chi connectivity index (χ2v) is 5.30. The Balaban J connectivity index is 2.13. The molecule has 0 saturated carbocycles. The lowest BCUT2D eigenvalue weighted by molar-refractivity contribution is 0.0232. The number of benzene rings is 1. The Morgan fingerprint density at radius 2 is 2.32 bits per heavy atom. The summed E-state index contributed by atoms with van der Waals surface area (Å²) in [6, 6.07) is 6.31. The Bertz CT molecular complexity index is 579. The predicted molar refractivity (Wildman–Crippen MR) is 76.8 cm³/mol. The van der Waals surface area contributed by atoms with Gasteiger partial charge in [0.2, 0.25) is 0 Å². The third kappa shape index (κ3) is 2.27. The fourth-order valence-electron chi connectivity index (χ4n) is 2.99. The monoisotopic (exact) mass is 279 g/mol. The van der Waals surface area contributed by atoms with Crippen LogP contribution in [0, 0.1) is 0 Å². The van der Waals surface area contributed by atoms with E-state index in [0.717, 1.165) is 30.7 Å². The molecule has 2 N–H and O–H groups in total. The summed E-state index contributed by atoms with van der Waals surface area (Å²) in [5.41, 5.74) is 4.94. The molecule has 0 radical (unpaired) electrons. The number of ether oxygens (including phenoxy) is 1. The van der Waals surface area contributed by atoms with Crippen LogP contribution in [-0.4, -0.2) is 29.2 Å². The van der Waals surface area contributed by atoms with E-state index in [9.17, 15) is 0 Å². The van der Waals surface area contributed by atoms with Crippen LogP contribution >= 0.6 is 11.6 Å². The van der Waals surface area contributed by atoms with Gasteiger partial charge in [-0.3, -0.25) is 0 Å². The molecule has 4 heteroatoms. The van der Waals surface area contributed by atoms with E-state index in [2.05, 4.69) is 23.2 Å². The zero-order valence-electron chi connectivity index (χ0n) is 10.8. The highest BCUT2D eigenvalue weighted by Crippen LogP contribution is 2.36. The fourth-order valence-corrected chi connectivity index (χ4v) is 3.20. The average molecular weight is 280 g/mol. The standard InChI is InChI=1S/C15H18ClNO2/c16-7-4-10-2-1-3-12-14(10)11-6-9-19-13(5-8-18)15(11)17-12/h1-3,13,17-18H,4-9H2. The quantitative estimate of drug-likeness (QED) is 0.845. The Labute approximate surface area is 117 Å². The molecule has 0 fully saturated rings. The molecule has 0 spiro atoms. The molecule has 3 rings (SSSR count). The van der Waals surface area contributed by atoms with Gasteiger partial charge in [0.15, 0.2) is 0 Å². The second-order valence-electron chi connectivity index (χ2n) is 4.92. The molecule has 0 bridgehead atoms. The fraction of sp³-hybridized carbons (Fsp3) is 0.467. The van der Waals surface area contributed by atoms with E-state index in [-0.39, 0.29) is 12.7 Å². The number of aryl methyl sites for hydroxylation is 1. The highest BCUT2D eigenvalue weighted by Gasteiger charge is 2.25. The molecule has 0 amide bonds. The number of aromatic amines is 1. The number of hydrogen-bond acceptors (Lipinski definition) is 2. The molecular formula is C15H18ClNO2. The Kier molecular flexibility index (Phi) is 3.78. The first-order chi connectivity index (χ1) is 9.35. The molecule has 0 saturated heterocycles. The SMILES string of the molecule is OCCC1OCCc2c1[nH]c1cccc(CCCl)c21. The third-order valence-corrected chi connectivity index (χ3v) is 3.98. The number of aromatic nitrogens is 1. The van der Waals surface area contributed by atoms with Gasteiger partial charge in [0.1, 0.15) is 0 Å². The van der Waals surface area contributed by atoms with Crippen LogP contribution in [0.15, 0.2) is 18.2 Å². The van der Waals surface area contributed by atoms with E-state index in [1.165, 1.54) is 16.5 Å². The van der Waals surface area contributed by atoms with Gasteiger partial charge in [0.05, 0.1) is 12.7 Å². The van der Waals surface area contributed by atoms with E-state index in [4.69, 9.17) is 21.4 Å². The predicted octanol–water partition coefficient (Wildman–Crippen LogP) is 2.95. The van der Waals surface area contributed by atoms with Crippen LogP contribution in [0.4, 0.5) is 0 Å². The minimum absolute atomic E-state index is 0.00926. The van der Waals surface area contributed by atoms with Crippen molar-refractivity contribution < 1.29 is 9.84 Å². The highest BCUT2D eigenvalue weighted by atomic mass is 35.5. The number of aliphatic hydroxyl groups is 1. The first-order valence-electron chi connectivity index (χ1n) is 6.76. The first-order valence-corrected chi connectivity index (χ1v) is 7.29. The second kappa shape index (κ2) is 5.53. The molecule has 1 atom stereocenters. The summed E-state index contributed by atoms with van der Waals surface area (Å²) < 4.78 is 5.76. The number of rotatable bonds is 4. The van der Waals surface area contributed by atoms with Gasteiger partial charge in [0, 0.05) is 35.5 Å². The van der Waals surface area contributed by atoms with Crippen LogP contribution in [0.25, 0.3) is 10.9 Å². The summed E-state index contributed by atoms with van der Waals surface area (Å²) in [6.07, 6.45) is 2.45.